The number of likely N-dealkylation sites (N-methyl/N-ethyl adjacent to an activating group) is 1. The third-order valence-corrected chi connectivity index (χ3v) is 4.42. The predicted octanol–water partition coefficient (Wildman–Crippen LogP) is 2.56. The zero-order chi connectivity index (χ0) is 13.8. The van der Waals surface area contributed by atoms with Crippen LogP contribution in [-0.2, 0) is 0 Å². The van der Waals surface area contributed by atoms with Crippen molar-refractivity contribution in [1.82, 2.24) is 14.9 Å². The summed E-state index contributed by atoms with van der Waals surface area (Å²) in [6.45, 7) is 4.29. The van der Waals surface area contributed by atoms with Crippen LogP contribution in [0.4, 0.5) is 10.6 Å². The number of urea groups is 1. The summed E-state index contributed by atoms with van der Waals surface area (Å²) in [6, 6.07) is 1.90. The number of carbonyl (C=O) groups excluding carboxylic acids is 1. The summed E-state index contributed by atoms with van der Waals surface area (Å²) in [5, 5.41) is 0.173. The Labute approximate surface area is 117 Å². The highest BCUT2D eigenvalue weighted by Crippen LogP contribution is 2.53. The number of anilines is 1. The van der Waals surface area contributed by atoms with Gasteiger partial charge in [-0.3, -0.25) is 4.90 Å². The Morgan fingerprint density at radius 2 is 2.16 bits per heavy atom. The van der Waals surface area contributed by atoms with E-state index in [4.69, 9.17) is 11.6 Å². The molecule has 1 aliphatic heterocycles. The molecule has 1 atom stereocenters. The number of amides is 2. The molecule has 6 heteroatoms. The van der Waals surface area contributed by atoms with E-state index in [1.165, 1.54) is 0 Å². The van der Waals surface area contributed by atoms with E-state index >= 15 is 0 Å². The van der Waals surface area contributed by atoms with Gasteiger partial charge in [0, 0.05) is 13.2 Å². The van der Waals surface area contributed by atoms with Gasteiger partial charge in [0.05, 0.1) is 11.6 Å². The van der Waals surface area contributed by atoms with Crippen LogP contribution in [0.3, 0.4) is 0 Å². The zero-order valence-electron chi connectivity index (χ0n) is 11.3. The van der Waals surface area contributed by atoms with Gasteiger partial charge in [0.1, 0.15) is 5.82 Å². The van der Waals surface area contributed by atoms with Crippen LogP contribution in [0.2, 0.25) is 5.28 Å². The van der Waals surface area contributed by atoms with E-state index in [2.05, 4.69) is 23.8 Å². The summed E-state index contributed by atoms with van der Waals surface area (Å²) in [5.74, 6) is 0.962. The van der Waals surface area contributed by atoms with Crippen molar-refractivity contribution >= 4 is 23.4 Å². The van der Waals surface area contributed by atoms with Crippen LogP contribution in [0, 0.1) is 5.92 Å². The normalized spacial score (nSPS) is 24.7. The minimum absolute atomic E-state index is 0.00552. The second kappa shape index (κ2) is 4.07. The molecular weight excluding hydrogens is 264 g/mol. The molecule has 1 aromatic rings. The van der Waals surface area contributed by atoms with Crippen LogP contribution >= 0.6 is 11.6 Å². The first-order valence-corrected chi connectivity index (χ1v) is 6.91. The van der Waals surface area contributed by atoms with E-state index in [0.717, 1.165) is 12.8 Å². The summed E-state index contributed by atoms with van der Waals surface area (Å²) in [6.07, 6.45) is 3.72. The fourth-order valence-corrected chi connectivity index (χ4v) is 3.43. The monoisotopic (exact) mass is 280 g/mol. The van der Waals surface area contributed by atoms with Crippen molar-refractivity contribution in [2.24, 2.45) is 5.92 Å². The molecule has 1 saturated heterocycles. The average molecular weight is 281 g/mol. The Hall–Kier alpha value is -1.36. The van der Waals surface area contributed by atoms with Crippen molar-refractivity contribution in [3.05, 3.63) is 17.5 Å². The van der Waals surface area contributed by atoms with Gasteiger partial charge in [-0.15, -0.1) is 0 Å². The Kier molecular flexibility index (Phi) is 2.71. The smallest absolute Gasteiger partial charge is 0.320 e. The van der Waals surface area contributed by atoms with Gasteiger partial charge in [-0.05, 0) is 36.4 Å². The molecule has 1 spiro atoms. The third kappa shape index (κ3) is 1.71. The molecule has 2 amide bonds. The van der Waals surface area contributed by atoms with Crippen LogP contribution in [0.5, 0.6) is 0 Å². The molecule has 5 nitrogen and oxygen atoms in total. The Bertz CT molecular complexity index is 529. The Morgan fingerprint density at radius 1 is 1.47 bits per heavy atom. The second-order valence-electron chi connectivity index (χ2n) is 5.69. The van der Waals surface area contributed by atoms with Gasteiger partial charge in [-0.25, -0.2) is 14.8 Å². The van der Waals surface area contributed by atoms with E-state index in [9.17, 15) is 4.79 Å². The van der Waals surface area contributed by atoms with Crippen molar-refractivity contribution in [2.45, 2.75) is 38.3 Å². The van der Waals surface area contributed by atoms with Gasteiger partial charge >= 0.3 is 6.03 Å². The molecule has 0 aromatic carbocycles. The van der Waals surface area contributed by atoms with Crippen LogP contribution in [0.15, 0.2) is 12.3 Å². The number of aromatic nitrogens is 2. The number of hydrogen-bond acceptors (Lipinski definition) is 3. The van der Waals surface area contributed by atoms with Crippen molar-refractivity contribution in [2.75, 3.05) is 11.9 Å². The summed E-state index contributed by atoms with van der Waals surface area (Å²) >= 11 is 5.85. The fraction of sp³-hybridized carbons (Fsp3) is 0.615. The molecule has 102 valence electrons. The molecule has 1 saturated carbocycles. The lowest BCUT2D eigenvalue weighted by atomic mass is 9.94. The highest BCUT2D eigenvalue weighted by molar-refractivity contribution is 6.28. The number of nitrogens with zero attached hydrogens (tertiary/aromatic N) is 4. The van der Waals surface area contributed by atoms with Gasteiger partial charge in [0.2, 0.25) is 5.28 Å². The molecule has 0 bridgehead atoms. The molecule has 2 fully saturated rings. The average Bonchev–Trinajstić information content (AvgIpc) is 3.10. The Balaban J connectivity index is 2.06. The molecule has 1 aromatic heterocycles. The molecule has 1 aliphatic carbocycles. The SMILES string of the molecule is CC(C)[C@@H]1N(c2ccnc(Cl)n2)C(=O)N(C)C12CC2. The van der Waals surface area contributed by atoms with Crippen LogP contribution < -0.4 is 4.90 Å². The maximum absolute atomic E-state index is 12.5. The zero-order valence-corrected chi connectivity index (χ0v) is 12.1. The van der Waals surface area contributed by atoms with E-state index in [1.54, 1.807) is 17.2 Å². The molecule has 0 unspecified atom stereocenters. The summed E-state index contributed by atoms with van der Waals surface area (Å²) in [7, 11) is 1.88. The van der Waals surface area contributed by atoms with Gasteiger partial charge in [0.25, 0.3) is 0 Å². The first-order valence-electron chi connectivity index (χ1n) is 6.53. The van der Waals surface area contributed by atoms with E-state index in [1.807, 2.05) is 11.9 Å². The van der Waals surface area contributed by atoms with E-state index < -0.39 is 0 Å². The standard InChI is InChI=1S/C13H17ClN4O/c1-8(2)10-13(5-6-13)17(3)12(19)18(10)9-4-7-15-11(14)16-9/h4,7-8,10H,5-6H2,1-3H3/t10-/m0/s1. The summed E-state index contributed by atoms with van der Waals surface area (Å²) in [5.41, 5.74) is -0.0112. The topological polar surface area (TPSA) is 49.3 Å². The number of rotatable bonds is 2. The number of halogens is 1. The first kappa shape index (κ1) is 12.7. The van der Waals surface area contributed by atoms with Gasteiger partial charge in [-0.1, -0.05) is 13.8 Å². The van der Waals surface area contributed by atoms with Crippen molar-refractivity contribution in [1.29, 1.82) is 0 Å². The minimum Gasteiger partial charge on any atom is -0.320 e. The van der Waals surface area contributed by atoms with E-state index in [-0.39, 0.29) is 22.9 Å². The highest BCUT2D eigenvalue weighted by atomic mass is 35.5. The predicted molar refractivity (Wildman–Crippen MR) is 73.3 cm³/mol. The number of hydrogen-bond donors (Lipinski definition) is 0. The molecule has 2 aliphatic rings. The molecular formula is C13H17ClN4O. The van der Waals surface area contributed by atoms with Crippen LogP contribution in [0.1, 0.15) is 26.7 Å². The van der Waals surface area contributed by atoms with Gasteiger partial charge < -0.3 is 4.90 Å². The second-order valence-corrected chi connectivity index (χ2v) is 6.03. The Morgan fingerprint density at radius 3 is 2.68 bits per heavy atom. The van der Waals surface area contributed by atoms with E-state index in [0.29, 0.717) is 11.7 Å². The van der Waals surface area contributed by atoms with Crippen LogP contribution in [-0.4, -0.2) is 39.5 Å². The molecule has 19 heavy (non-hydrogen) atoms. The fourth-order valence-electron chi connectivity index (χ4n) is 3.29. The first-order chi connectivity index (χ1) is 8.97. The molecule has 3 rings (SSSR count). The van der Waals surface area contributed by atoms with Gasteiger partial charge in [-0.2, -0.15) is 0 Å². The highest BCUT2D eigenvalue weighted by Gasteiger charge is 2.64. The maximum Gasteiger partial charge on any atom is 0.326 e. The number of carbonyl (C=O) groups is 1. The van der Waals surface area contributed by atoms with Crippen LogP contribution in [0.25, 0.3) is 0 Å². The quantitative estimate of drug-likeness (QED) is 0.782. The summed E-state index contributed by atoms with van der Waals surface area (Å²) in [4.78, 5) is 24.3. The van der Waals surface area contributed by atoms with Crippen molar-refractivity contribution < 1.29 is 4.79 Å². The molecule has 0 radical (unpaired) electrons. The lowest BCUT2D eigenvalue weighted by molar-refractivity contribution is 0.209. The maximum atomic E-state index is 12.5. The van der Waals surface area contributed by atoms with Crippen molar-refractivity contribution in [3.8, 4) is 0 Å². The third-order valence-electron chi connectivity index (χ3n) is 4.24. The van der Waals surface area contributed by atoms with Gasteiger partial charge in [0.15, 0.2) is 0 Å². The summed E-state index contributed by atoms with van der Waals surface area (Å²) < 4.78 is 0. The molecule has 0 N–H and O–H groups in total. The minimum atomic E-state index is -0.0112. The largest absolute Gasteiger partial charge is 0.326 e. The lowest BCUT2D eigenvalue weighted by Crippen LogP contribution is -2.43. The molecule has 2 heterocycles. The van der Waals surface area contributed by atoms with Crippen molar-refractivity contribution in [3.63, 3.8) is 0 Å². The lowest BCUT2D eigenvalue weighted by Gasteiger charge is -2.29.